The molecule has 24 heteroatoms. The fourth-order valence-corrected chi connectivity index (χ4v) is 10.6. The number of fused-ring (bicyclic) bond motifs is 5. The number of nitrogens with zero attached hydrogens (tertiary/aromatic N) is 10. The maximum atomic E-state index is 14.2. The van der Waals surface area contributed by atoms with E-state index in [9.17, 15) is 27.2 Å². The Bertz CT molecular complexity index is 4160. The maximum Gasteiger partial charge on any atom is 0.258 e. The molecule has 20 nitrogen and oxygen atoms in total. The number of rotatable bonds is 14. The first kappa shape index (κ1) is 55.6. The second-order valence-electron chi connectivity index (χ2n) is 20.6. The third-order valence-electron chi connectivity index (χ3n) is 14.7. The van der Waals surface area contributed by atoms with Gasteiger partial charge in [0, 0.05) is 60.7 Å². The van der Waals surface area contributed by atoms with Gasteiger partial charge in [-0.15, -0.1) is 0 Å². The van der Waals surface area contributed by atoms with E-state index >= 15 is 0 Å². The molecule has 0 aliphatic carbocycles. The summed E-state index contributed by atoms with van der Waals surface area (Å²) in [4.78, 5) is 54.1. The van der Waals surface area contributed by atoms with Gasteiger partial charge in [0.1, 0.15) is 34.9 Å². The van der Waals surface area contributed by atoms with E-state index in [0.717, 1.165) is 96.9 Å². The van der Waals surface area contributed by atoms with Gasteiger partial charge >= 0.3 is 0 Å². The highest BCUT2D eigenvalue weighted by Gasteiger charge is 2.25. The van der Waals surface area contributed by atoms with Gasteiger partial charge in [-0.1, -0.05) is 42.5 Å². The van der Waals surface area contributed by atoms with Crippen molar-refractivity contribution in [2.75, 3.05) is 41.0 Å². The van der Waals surface area contributed by atoms with Crippen LogP contribution in [0.25, 0.3) is 33.7 Å². The molecule has 10 aromatic rings. The number of amides is 2. The molecule has 2 amide bonds. The van der Waals surface area contributed by atoms with E-state index < -0.39 is 17.6 Å². The Labute approximate surface area is 484 Å². The summed E-state index contributed by atoms with van der Waals surface area (Å²) in [6.07, 6.45) is 8.77. The van der Waals surface area contributed by atoms with Crippen LogP contribution in [0.15, 0.2) is 116 Å². The molecule has 8 N–H and O–H groups in total. The molecule has 13 rings (SSSR count). The minimum absolute atomic E-state index is 0.0414. The molecule has 5 aromatic heterocycles. The number of primary amides is 1. The maximum absolute atomic E-state index is 14.2. The third kappa shape index (κ3) is 12.5. The Morgan fingerprint density at radius 1 is 0.541 bits per heavy atom. The zero-order valence-electron chi connectivity index (χ0n) is 45.9. The van der Waals surface area contributed by atoms with E-state index in [2.05, 4.69) is 57.1 Å². The monoisotopic (exact) mass is 1150 g/mol. The highest BCUT2D eigenvalue weighted by atomic mass is 19.1. The number of ether oxygens (including phenoxy) is 1. The van der Waals surface area contributed by atoms with Crippen LogP contribution < -0.4 is 42.4 Å². The van der Waals surface area contributed by atoms with Crippen LogP contribution in [0.3, 0.4) is 0 Å². The van der Waals surface area contributed by atoms with E-state index in [0.29, 0.717) is 108 Å². The second-order valence-corrected chi connectivity index (χ2v) is 20.6. The highest BCUT2D eigenvalue weighted by Crippen LogP contribution is 2.33. The highest BCUT2D eigenvalue weighted by molar-refractivity contribution is 6.12. The van der Waals surface area contributed by atoms with Crippen molar-refractivity contribution in [1.29, 1.82) is 0 Å². The van der Waals surface area contributed by atoms with Crippen LogP contribution >= 0.6 is 0 Å². The lowest BCUT2D eigenvalue weighted by molar-refractivity contribution is 0.0998. The summed E-state index contributed by atoms with van der Waals surface area (Å²) < 4.78 is 64.6. The molecule has 0 spiro atoms. The normalized spacial score (nSPS) is 13.8. The summed E-state index contributed by atoms with van der Waals surface area (Å²) in [5, 5.41) is 29.6. The van der Waals surface area contributed by atoms with Gasteiger partial charge in [0.2, 0.25) is 11.9 Å². The van der Waals surface area contributed by atoms with E-state index in [1.807, 2.05) is 24.3 Å². The Morgan fingerprint density at radius 3 is 1.64 bits per heavy atom. The fourth-order valence-electron chi connectivity index (χ4n) is 10.6. The molecule has 0 saturated carbocycles. The van der Waals surface area contributed by atoms with Crippen molar-refractivity contribution in [3.05, 3.63) is 195 Å². The molecule has 3 aliphatic rings. The molecule has 0 saturated heterocycles. The molecule has 0 atom stereocenters. The summed E-state index contributed by atoms with van der Waals surface area (Å²) in [5.41, 5.74) is 13.4. The number of carbonyl (C=O) groups is 2. The topological polar surface area (TPSA) is 255 Å². The molecule has 0 unspecified atom stereocenters. The number of hydrogen-bond acceptors (Lipinski definition) is 16. The van der Waals surface area contributed by atoms with Crippen molar-refractivity contribution in [2.45, 2.75) is 77.7 Å². The number of nitrogens with two attached hydrogens (primary N) is 1. The van der Waals surface area contributed by atoms with Crippen molar-refractivity contribution in [1.82, 2.24) is 60.1 Å². The van der Waals surface area contributed by atoms with E-state index in [4.69, 9.17) is 25.4 Å². The Kier molecular flexibility index (Phi) is 16.3. The summed E-state index contributed by atoms with van der Waals surface area (Å²) in [6, 6.07) is 26.8. The van der Waals surface area contributed by atoms with Gasteiger partial charge in [0.05, 0.1) is 58.2 Å². The average molecular weight is 1150 g/mol. The van der Waals surface area contributed by atoms with Crippen LogP contribution in [-0.4, -0.2) is 81.0 Å². The Balaban J connectivity index is 0.000000185. The van der Waals surface area contributed by atoms with Crippen LogP contribution in [0.5, 0.6) is 5.75 Å². The number of carbonyl (C=O) groups excluding carboxylic acids is 2. The summed E-state index contributed by atoms with van der Waals surface area (Å²) in [6.45, 7) is 4.45. The molecule has 0 fully saturated rings. The van der Waals surface area contributed by atoms with E-state index in [-0.39, 0.29) is 34.9 Å². The van der Waals surface area contributed by atoms with Crippen LogP contribution in [0.4, 0.5) is 41.0 Å². The average Bonchev–Trinajstić information content (AvgIpc) is 4.10. The Morgan fingerprint density at radius 2 is 1.07 bits per heavy atom. The van der Waals surface area contributed by atoms with Gasteiger partial charge in [0.15, 0.2) is 11.6 Å². The molecule has 0 bridgehead atoms. The molecule has 0 radical (unpaired) electrons. The van der Waals surface area contributed by atoms with Crippen LogP contribution in [-0.2, 0) is 52.0 Å². The molecule has 8 heterocycles. The zero-order valence-corrected chi connectivity index (χ0v) is 45.9. The number of nitrogens with one attached hydrogen (secondary N) is 6. The lowest BCUT2D eigenvalue weighted by atomic mass is 10.1. The first-order valence-corrected chi connectivity index (χ1v) is 27.9. The van der Waals surface area contributed by atoms with Crippen molar-refractivity contribution in [3.8, 4) is 17.6 Å². The summed E-state index contributed by atoms with van der Waals surface area (Å²) in [5.74, 6) is 0.210. The number of anilines is 4. The Hall–Kier alpha value is -9.94. The van der Waals surface area contributed by atoms with Gasteiger partial charge < -0.3 is 37.1 Å². The predicted molar refractivity (Wildman–Crippen MR) is 311 cm³/mol. The van der Waals surface area contributed by atoms with Crippen molar-refractivity contribution >= 4 is 57.0 Å². The molecule has 432 valence electrons. The summed E-state index contributed by atoms with van der Waals surface area (Å²) >= 11 is 0. The minimum atomic E-state index is -0.745. The van der Waals surface area contributed by atoms with Gasteiger partial charge in [-0.2, -0.15) is 34.5 Å². The lowest BCUT2D eigenvalue weighted by Gasteiger charge is -2.16. The standard InChI is InChI=1S/C38H36F2N10O2.C23H21F2N7O/c39-25-9-3-7-23(17-25)19-42-34-29-21-41-15-6-13-30(29)46-38(48-34)50-32-14-5-11-27(28(32)22-44-50)36(51)49-37-45-31-12-1-2-16-52-33(31)35(47-37)43-20-24-8-4-10-26(40)18-24;24-14-4-1-3-13(7-14)10-28-22-18-11-27-6-2-5-19(18)30-23(31-22)32-20-9-15(25)8-16(21(26)33)17(20)12-29-32/h3-5,7-11,14,17-18,22,41H,1-2,6,12-13,15-16,19-21H2,(H,42,46,48)(H2,43,45,47,49,51);1,3-4,7-9,12,27H,2,5-6,10-11H2,(H2,26,33)(H,28,30,31). The van der Waals surface area contributed by atoms with Crippen molar-refractivity contribution in [2.24, 2.45) is 5.73 Å². The third-order valence-corrected chi connectivity index (χ3v) is 14.7. The summed E-state index contributed by atoms with van der Waals surface area (Å²) in [7, 11) is 0. The smallest absolute Gasteiger partial charge is 0.258 e. The van der Waals surface area contributed by atoms with Gasteiger partial charge in [-0.3, -0.25) is 14.9 Å². The van der Waals surface area contributed by atoms with Gasteiger partial charge in [0.25, 0.3) is 17.8 Å². The van der Waals surface area contributed by atoms with Crippen molar-refractivity contribution in [3.63, 3.8) is 0 Å². The first-order valence-electron chi connectivity index (χ1n) is 27.9. The number of aryl methyl sites for hydroxylation is 3. The first-order chi connectivity index (χ1) is 41.5. The van der Waals surface area contributed by atoms with Gasteiger partial charge in [-0.25, -0.2) is 32.5 Å². The predicted octanol–water partition coefficient (Wildman–Crippen LogP) is 8.95. The largest absolute Gasteiger partial charge is 0.488 e. The van der Waals surface area contributed by atoms with Crippen LogP contribution in [0.1, 0.15) is 91.3 Å². The van der Waals surface area contributed by atoms with Crippen LogP contribution in [0.2, 0.25) is 0 Å². The lowest BCUT2D eigenvalue weighted by Crippen LogP contribution is -2.17. The molecular formula is C61H57F4N17O3. The van der Waals surface area contributed by atoms with Crippen LogP contribution in [0, 0.1) is 23.3 Å². The quantitative estimate of drug-likeness (QED) is 0.0502. The number of hydrogen-bond donors (Lipinski definition) is 7. The molecule has 3 aliphatic heterocycles. The number of aromatic nitrogens is 10. The molecule has 5 aromatic carbocycles. The molecular weight excluding hydrogens is 1090 g/mol. The number of benzene rings is 5. The SMILES string of the molecule is NC(=O)c1cc(F)cc2c1cnn2-c1nc2c(c(NCc3cccc(F)c3)n1)CNCCC2.O=C(Nc1nc2c(c(NCc3cccc(F)c3)n1)OCCCC2)c1cccc2c1cnn2-c1nc2c(c(NCc3cccc(F)c3)n1)CNCCC2. The van der Waals surface area contributed by atoms with Crippen molar-refractivity contribution < 1.29 is 31.9 Å². The van der Waals surface area contributed by atoms with Gasteiger partial charge in [-0.05, 0) is 129 Å². The molecule has 85 heavy (non-hydrogen) atoms. The van der Waals surface area contributed by atoms with E-state index in [1.165, 1.54) is 53.3 Å². The fraction of sp³-hybridized carbons (Fsp3) is 0.246. The number of halogens is 4. The minimum Gasteiger partial charge on any atom is -0.488 e. The zero-order chi connectivity index (χ0) is 58.4. The van der Waals surface area contributed by atoms with E-state index in [1.54, 1.807) is 41.2 Å². The second kappa shape index (κ2) is 24.9.